The number of hydrogen-bond donors (Lipinski definition) is 4. The Balaban J connectivity index is 1.64. The number of benzene rings is 2. The second-order valence-corrected chi connectivity index (χ2v) is 7.10. The third-order valence-electron chi connectivity index (χ3n) is 4.68. The predicted octanol–water partition coefficient (Wildman–Crippen LogP) is 4.11. The Bertz CT molecular complexity index is 925. The van der Waals surface area contributed by atoms with Crippen LogP contribution in [0.1, 0.15) is 69.5 Å². The van der Waals surface area contributed by atoms with Gasteiger partial charge in [-0.15, -0.1) is 0 Å². The van der Waals surface area contributed by atoms with Crippen LogP contribution in [-0.2, 0) is 17.7 Å². The molecule has 0 saturated heterocycles. The van der Waals surface area contributed by atoms with Crippen molar-refractivity contribution in [2.24, 2.45) is 0 Å². The van der Waals surface area contributed by atoms with E-state index in [0.29, 0.717) is 32.1 Å². The molecule has 30 heavy (non-hydrogen) atoms. The number of hydrogen-bond acceptors (Lipinski definition) is 5. The summed E-state index contributed by atoms with van der Waals surface area (Å²) in [6.45, 7) is -6.09. The number of phenols is 1. The van der Waals surface area contributed by atoms with E-state index >= 15 is 0 Å². The third-order valence-corrected chi connectivity index (χ3v) is 4.68. The van der Waals surface area contributed by atoms with E-state index in [1.807, 2.05) is 30.3 Å². The Morgan fingerprint density at radius 3 is 2.57 bits per heavy atom. The number of rotatable bonds is 16. The molecule has 0 bridgehead atoms. The van der Waals surface area contributed by atoms with Crippen LogP contribution in [0, 0.1) is 0 Å². The van der Waals surface area contributed by atoms with Gasteiger partial charge in [-0.25, -0.2) is 0 Å². The van der Waals surface area contributed by atoms with Gasteiger partial charge in [-0.05, 0) is 61.9 Å². The zero-order chi connectivity index (χ0) is 26.8. The molecule has 2 aromatic rings. The Kier molecular flexibility index (Phi) is 8.35. The zero-order valence-corrected chi connectivity index (χ0v) is 17.3. The van der Waals surface area contributed by atoms with E-state index in [4.69, 9.17) is 13.0 Å². The first-order valence-corrected chi connectivity index (χ1v) is 10.5. The van der Waals surface area contributed by atoms with Crippen molar-refractivity contribution in [3.8, 4) is 5.75 Å². The summed E-state index contributed by atoms with van der Waals surface area (Å²) >= 11 is 0. The van der Waals surface area contributed by atoms with Gasteiger partial charge in [0.25, 0.3) is 0 Å². The van der Waals surface area contributed by atoms with Crippen molar-refractivity contribution < 1.29 is 28.3 Å². The highest BCUT2D eigenvalue weighted by Crippen LogP contribution is 2.22. The molecular formula is C25H37NO4. The van der Waals surface area contributed by atoms with Crippen molar-refractivity contribution in [2.45, 2.75) is 57.6 Å². The highest BCUT2D eigenvalue weighted by molar-refractivity contribution is 5.36. The predicted molar refractivity (Wildman–Crippen MR) is 121 cm³/mol. The van der Waals surface area contributed by atoms with Crippen molar-refractivity contribution >= 4 is 0 Å². The lowest BCUT2D eigenvalue weighted by Crippen LogP contribution is -2.22. The zero-order valence-electron chi connectivity index (χ0n) is 23.3. The lowest BCUT2D eigenvalue weighted by molar-refractivity contribution is 0.126. The minimum atomic E-state index is -2.77. The van der Waals surface area contributed by atoms with Crippen LogP contribution in [0.15, 0.2) is 48.5 Å². The largest absolute Gasteiger partial charge is 0.508 e. The first kappa shape index (κ1) is 16.7. The number of aryl methyl sites for hydroxylation is 1. The van der Waals surface area contributed by atoms with E-state index < -0.39 is 31.5 Å². The monoisotopic (exact) mass is 421 g/mol. The molecule has 0 aliphatic rings. The third kappa shape index (κ3) is 9.72. The van der Waals surface area contributed by atoms with Crippen LogP contribution < -0.4 is 5.32 Å². The molecule has 0 fully saturated rings. The van der Waals surface area contributed by atoms with E-state index in [9.17, 15) is 15.3 Å². The number of nitrogens with one attached hydrogen (secondary N) is 1. The van der Waals surface area contributed by atoms with Crippen molar-refractivity contribution in [2.75, 3.05) is 26.2 Å². The maximum Gasteiger partial charge on any atom is 0.121 e. The summed E-state index contributed by atoms with van der Waals surface area (Å²) in [5.74, 6) is -0.439. The molecule has 0 radical (unpaired) electrons. The van der Waals surface area contributed by atoms with Crippen molar-refractivity contribution in [3.63, 3.8) is 0 Å². The Hall–Kier alpha value is -1.92. The molecular weight excluding hydrogens is 378 g/mol. The molecule has 0 aliphatic carbocycles. The first-order chi connectivity index (χ1) is 16.8. The summed E-state index contributed by atoms with van der Waals surface area (Å²) < 4.78 is 52.3. The summed E-state index contributed by atoms with van der Waals surface area (Å²) in [7, 11) is 0. The fraction of sp³-hybridized carbons (Fsp3) is 0.520. The molecule has 5 nitrogen and oxygen atoms in total. The van der Waals surface area contributed by atoms with Gasteiger partial charge in [0.15, 0.2) is 0 Å². The van der Waals surface area contributed by atoms with E-state index in [1.54, 1.807) is 0 Å². The van der Waals surface area contributed by atoms with Gasteiger partial charge in [-0.3, -0.25) is 0 Å². The molecule has 166 valence electrons. The molecule has 0 aromatic heterocycles. The molecule has 0 heterocycles. The Morgan fingerprint density at radius 2 is 1.77 bits per heavy atom. The van der Waals surface area contributed by atoms with Crippen molar-refractivity contribution in [1.29, 1.82) is 0 Å². The fourth-order valence-electron chi connectivity index (χ4n) is 2.94. The van der Waals surface area contributed by atoms with E-state index in [0.717, 1.165) is 12.5 Å². The van der Waals surface area contributed by atoms with Gasteiger partial charge < -0.3 is 25.4 Å². The highest BCUT2D eigenvalue weighted by Gasteiger charge is 2.09. The van der Waals surface area contributed by atoms with Gasteiger partial charge in [0.05, 0.1) is 18.1 Å². The van der Waals surface area contributed by atoms with Crippen molar-refractivity contribution in [3.05, 3.63) is 65.2 Å². The number of ether oxygens (including phenoxy) is 1. The SMILES string of the molecule is [2H]C([2H])(CCCCCOC([2H])([2H])CCCc1ccccc1)NCC(O)c1ccc(O)c(C([2H])([2H])O)c1. The van der Waals surface area contributed by atoms with Crippen LogP contribution in [0.3, 0.4) is 0 Å². The molecule has 4 N–H and O–H groups in total. The van der Waals surface area contributed by atoms with Crippen molar-refractivity contribution in [1.82, 2.24) is 5.32 Å². The minimum absolute atomic E-state index is 0.141. The molecule has 2 aromatic carbocycles. The maximum absolute atomic E-state index is 10.3. The lowest BCUT2D eigenvalue weighted by Gasteiger charge is -2.14. The van der Waals surface area contributed by atoms with Gasteiger partial charge in [-0.2, -0.15) is 0 Å². The van der Waals surface area contributed by atoms with Gasteiger partial charge in [0.1, 0.15) is 5.75 Å². The van der Waals surface area contributed by atoms with Crippen LogP contribution in [0.5, 0.6) is 5.75 Å². The Morgan fingerprint density at radius 1 is 0.967 bits per heavy atom. The number of aromatic hydroxyl groups is 1. The highest BCUT2D eigenvalue weighted by atomic mass is 16.5. The fourth-order valence-corrected chi connectivity index (χ4v) is 2.94. The van der Waals surface area contributed by atoms with Gasteiger partial charge >= 0.3 is 0 Å². The minimum Gasteiger partial charge on any atom is -0.508 e. The molecule has 0 amide bonds. The normalized spacial score (nSPS) is 16.6. The quantitative estimate of drug-likeness (QED) is 0.307. The van der Waals surface area contributed by atoms with Gasteiger partial charge in [0.2, 0.25) is 0 Å². The molecule has 0 aliphatic heterocycles. The van der Waals surface area contributed by atoms with Gasteiger partial charge in [0, 0.05) is 28.0 Å². The van der Waals surface area contributed by atoms with E-state index in [-0.39, 0.29) is 30.7 Å². The topological polar surface area (TPSA) is 82.0 Å². The second kappa shape index (κ2) is 15.0. The number of aliphatic hydroxyl groups is 2. The first-order valence-electron chi connectivity index (χ1n) is 13.5. The molecule has 0 saturated carbocycles. The summed E-state index contributed by atoms with van der Waals surface area (Å²) in [4.78, 5) is 0. The van der Waals surface area contributed by atoms with Crippen LogP contribution >= 0.6 is 0 Å². The summed E-state index contributed by atoms with van der Waals surface area (Å²) in [6, 6.07) is 13.6. The molecule has 1 atom stereocenters. The van der Waals surface area contributed by atoms with Crippen LogP contribution in [0.4, 0.5) is 0 Å². The standard InChI is InChI=1S/C25H37NO4/c27-20-23-18-22(13-14-24(23)28)25(29)19-26-15-7-1-2-8-16-30-17-9-6-12-21-10-4-3-5-11-21/h3-5,10-11,13-14,18,25-29H,1-2,6-9,12,15-17,19-20H2/i15D2,17D2,20D2. The number of aliphatic hydroxyl groups excluding tert-OH is 1. The van der Waals surface area contributed by atoms with Crippen LogP contribution in [0.25, 0.3) is 0 Å². The molecule has 5 heteroatoms. The number of unbranched alkanes of at least 4 members (excludes halogenated alkanes) is 2. The Labute approximate surface area is 189 Å². The van der Waals surface area contributed by atoms with E-state index in [1.165, 1.54) is 17.7 Å². The average Bonchev–Trinajstić information content (AvgIpc) is 2.80. The smallest absolute Gasteiger partial charge is 0.121 e. The van der Waals surface area contributed by atoms with Crippen LogP contribution in [-0.4, -0.2) is 41.5 Å². The lowest BCUT2D eigenvalue weighted by atomic mass is 10.1. The summed E-state index contributed by atoms with van der Waals surface area (Å²) in [5, 5.41) is 32.2. The molecule has 2 rings (SSSR count). The maximum atomic E-state index is 10.3. The second-order valence-electron chi connectivity index (χ2n) is 7.10. The average molecular weight is 422 g/mol. The van der Waals surface area contributed by atoms with Crippen LogP contribution in [0.2, 0.25) is 0 Å². The summed E-state index contributed by atoms with van der Waals surface area (Å²) in [5.41, 5.74) is 1.04. The molecule has 0 spiro atoms. The summed E-state index contributed by atoms with van der Waals surface area (Å²) in [6.07, 6.45) is 2.63. The van der Waals surface area contributed by atoms with E-state index in [2.05, 4.69) is 5.32 Å². The van der Waals surface area contributed by atoms with Gasteiger partial charge in [-0.1, -0.05) is 49.2 Å². The molecule has 1 unspecified atom stereocenters.